The third-order valence-corrected chi connectivity index (χ3v) is 2.73. The van der Waals surface area contributed by atoms with Gasteiger partial charge in [0.15, 0.2) is 0 Å². The molecular formula is C12H8ClF3. The molecule has 0 amide bonds. The molecular weight excluding hydrogens is 237 g/mol. The van der Waals surface area contributed by atoms with E-state index in [1.807, 2.05) is 6.07 Å². The molecule has 0 spiro atoms. The highest BCUT2D eigenvalue weighted by atomic mass is 35.5. The summed E-state index contributed by atoms with van der Waals surface area (Å²) in [6.45, 7) is 0. The second-order valence-corrected chi connectivity index (χ2v) is 3.75. The number of alkyl halides is 4. The molecule has 2 aromatic carbocycles. The minimum Gasteiger partial charge on any atom is -0.166 e. The summed E-state index contributed by atoms with van der Waals surface area (Å²) in [5.74, 6) is 0.294. The van der Waals surface area contributed by atoms with Gasteiger partial charge in [0.25, 0.3) is 0 Å². The van der Waals surface area contributed by atoms with E-state index in [9.17, 15) is 13.2 Å². The van der Waals surface area contributed by atoms with Gasteiger partial charge in [-0.25, -0.2) is 0 Å². The fourth-order valence-corrected chi connectivity index (χ4v) is 1.88. The molecule has 4 heteroatoms. The molecule has 84 valence electrons. The van der Waals surface area contributed by atoms with Gasteiger partial charge in [-0.3, -0.25) is 0 Å². The fraction of sp³-hybridized carbons (Fsp3) is 0.167. The smallest absolute Gasteiger partial charge is 0.166 e. The molecule has 0 saturated heterocycles. The van der Waals surface area contributed by atoms with Crippen molar-refractivity contribution in [3.05, 3.63) is 47.5 Å². The van der Waals surface area contributed by atoms with Crippen LogP contribution in [0.5, 0.6) is 0 Å². The van der Waals surface area contributed by atoms with Crippen LogP contribution >= 0.6 is 11.6 Å². The van der Waals surface area contributed by atoms with Crippen molar-refractivity contribution in [1.82, 2.24) is 0 Å². The van der Waals surface area contributed by atoms with Crippen molar-refractivity contribution in [3.63, 3.8) is 0 Å². The van der Waals surface area contributed by atoms with E-state index in [-0.39, 0.29) is 0 Å². The summed E-state index contributed by atoms with van der Waals surface area (Å²) in [5, 5.41) is 1.33. The number of hydrogen-bond donors (Lipinski definition) is 0. The van der Waals surface area contributed by atoms with E-state index in [1.165, 1.54) is 6.07 Å². The summed E-state index contributed by atoms with van der Waals surface area (Å²) in [6, 6.07) is 8.86. The highest BCUT2D eigenvalue weighted by molar-refractivity contribution is 6.18. The zero-order valence-electron chi connectivity index (χ0n) is 8.18. The summed E-state index contributed by atoms with van der Waals surface area (Å²) in [7, 11) is 0. The summed E-state index contributed by atoms with van der Waals surface area (Å²) in [5.41, 5.74) is 0.208. The van der Waals surface area contributed by atoms with Crippen molar-refractivity contribution < 1.29 is 13.2 Å². The minimum atomic E-state index is -4.30. The SMILES string of the molecule is FC(F)(F)c1ccc2c(CCl)cccc2c1. The van der Waals surface area contributed by atoms with E-state index < -0.39 is 11.7 Å². The van der Waals surface area contributed by atoms with Crippen LogP contribution in [0.3, 0.4) is 0 Å². The Labute approximate surface area is 95.6 Å². The highest BCUT2D eigenvalue weighted by Crippen LogP contribution is 2.32. The van der Waals surface area contributed by atoms with Crippen LogP contribution in [0.15, 0.2) is 36.4 Å². The fourth-order valence-electron chi connectivity index (χ4n) is 1.64. The quantitative estimate of drug-likeness (QED) is 0.643. The van der Waals surface area contributed by atoms with Crippen molar-refractivity contribution in [2.45, 2.75) is 12.1 Å². The van der Waals surface area contributed by atoms with Gasteiger partial charge in [-0.2, -0.15) is 13.2 Å². The summed E-state index contributed by atoms with van der Waals surface area (Å²) >= 11 is 5.71. The molecule has 0 saturated carbocycles. The van der Waals surface area contributed by atoms with Crippen molar-refractivity contribution in [1.29, 1.82) is 0 Å². The molecule has 16 heavy (non-hydrogen) atoms. The number of halogens is 4. The molecule has 2 rings (SSSR count). The Balaban J connectivity index is 2.64. The van der Waals surface area contributed by atoms with Gasteiger partial charge in [0.2, 0.25) is 0 Å². The first-order chi connectivity index (χ1) is 7.52. The highest BCUT2D eigenvalue weighted by Gasteiger charge is 2.30. The molecule has 0 aliphatic rings. The van der Waals surface area contributed by atoms with Gasteiger partial charge < -0.3 is 0 Å². The molecule has 0 nitrogen and oxygen atoms in total. The Morgan fingerprint density at radius 2 is 1.81 bits per heavy atom. The Hall–Kier alpha value is -1.22. The molecule has 0 atom stereocenters. The number of rotatable bonds is 1. The molecule has 0 aliphatic carbocycles. The number of hydrogen-bond acceptors (Lipinski definition) is 0. The van der Waals surface area contributed by atoms with Crippen LogP contribution in [-0.2, 0) is 12.1 Å². The third-order valence-electron chi connectivity index (χ3n) is 2.44. The average Bonchev–Trinajstić information content (AvgIpc) is 2.26. The van der Waals surface area contributed by atoms with E-state index in [1.54, 1.807) is 12.1 Å². The van der Waals surface area contributed by atoms with Gasteiger partial charge in [-0.05, 0) is 28.5 Å². The van der Waals surface area contributed by atoms with E-state index in [2.05, 4.69) is 0 Å². The normalized spacial score (nSPS) is 12.0. The molecule has 0 radical (unpaired) electrons. The molecule has 0 unspecified atom stereocenters. The van der Waals surface area contributed by atoms with Crippen LogP contribution < -0.4 is 0 Å². The molecule has 0 fully saturated rings. The molecule has 0 bridgehead atoms. The van der Waals surface area contributed by atoms with Gasteiger partial charge in [0, 0.05) is 5.88 Å². The maximum atomic E-state index is 12.5. The second-order valence-electron chi connectivity index (χ2n) is 3.48. The molecule has 2 aromatic rings. The number of fused-ring (bicyclic) bond motifs is 1. The lowest BCUT2D eigenvalue weighted by molar-refractivity contribution is -0.137. The van der Waals surface area contributed by atoms with Gasteiger partial charge in [-0.1, -0.05) is 24.3 Å². The summed E-state index contributed by atoms with van der Waals surface area (Å²) < 4.78 is 37.4. The molecule has 0 aromatic heterocycles. The predicted molar refractivity (Wildman–Crippen MR) is 58.5 cm³/mol. The van der Waals surface area contributed by atoms with Crippen molar-refractivity contribution in [2.24, 2.45) is 0 Å². The lowest BCUT2D eigenvalue weighted by atomic mass is 10.0. The number of benzene rings is 2. The van der Waals surface area contributed by atoms with E-state index >= 15 is 0 Å². The van der Waals surface area contributed by atoms with Crippen molar-refractivity contribution >= 4 is 22.4 Å². The van der Waals surface area contributed by atoms with Crippen molar-refractivity contribution in [2.75, 3.05) is 0 Å². The Kier molecular flexibility index (Phi) is 2.80. The van der Waals surface area contributed by atoms with Crippen LogP contribution in [0.4, 0.5) is 13.2 Å². The van der Waals surface area contributed by atoms with E-state index in [4.69, 9.17) is 11.6 Å². The lowest BCUT2D eigenvalue weighted by Crippen LogP contribution is -2.04. The topological polar surface area (TPSA) is 0 Å². The predicted octanol–water partition coefficient (Wildman–Crippen LogP) is 4.60. The van der Waals surface area contributed by atoms with Gasteiger partial charge in [-0.15, -0.1) is 11.6 Å². The van der Waals surface area contributed by atoms with E-state index in [0.29, 0.717) is 11.3 Å². The first-order valence-electron chi connectivity index (χ1n) is 4.67. The Bertz CT molecular complexity index is 517. The van der Waals surface area contributed by atoms with Gasteiger partial charge in [0.05, 0.1) is 5.56 Å². The summed E-state index contributed by atoms with van der Waals surface area (Å²) in [6.07, 6.45) is -4.30. The zero-order valence-corrected chi connectivity index (χ0v) is 8.94. The van der Waals surface area contributed by atoms with Crippen LogP contribution in [0.2, 0.25) is 0 Å². The monoisotopic (exact) mass is 244 g/mol. The minimum absolute atomic E-state index is 0.294. The Morgan fingerprint density at radius 3 is 2.44 bits per heavy atom. The van der Waals surface area contributed by atoms with Crippen LogP contribution in [0.25, 0.3) is 10.8 Å². The van der Waals surface area contributed by atoms with Crippen LogP contribution in [0.1, 0.15) is 11.1 Å². The third kappa shape index (κ3) is 2.00. The van der Waals surface area contributed by atoms with Gasteiger partial charge >= 0.3 is 6.18 Å². The van der Waals surface area contributed by atoms with Crippen LogP contribution in [-0.4, -0.2) is 0 Å². The average molecular weight is 245 g/mol. The van der Waals surface area contributed by atoms with E-state index in [0.717, 1.165) is 23.1 Å². The summed E-state index contributed by atoms with van der Waals surface area (Å²) in [4.78, 5) is 0. The maximum Gasteiger partial charge on any atom is 0.416 e. The molecule has 0 N–H and O–H groups in total. The zero-order chi connectivity index (χ0) is 11.8. The molecule has 0 aliphatic heterocycles. The van der Waals surface area contributed by atoms with Crippen molar-refractivity contribution in [3.8, 4) is 0 Å². The molecule has 0 heterocycles. The first kappa shape index (κ1) is 11.3. The standard InChI is InChI=1S/C12H8ClF3/c13-7-9-3-1-2-8-6-10(12(14,15)16)4-5-11(8)9/h1-6H,7H2. The maximum absolute atomic E-state index is 12.5. The second kappa shape index (κ2) is 3.98. The van der Waals surface area contributed by atoms with Crippen LogP contribution in [0, 0.1) is 0 Å². The van der Waals surface area contributed by atoms with Gasteiger partial charge in [0.1, 0.15) is 0 Å². The Morgan fingerprint density at radius 1 is 1.06 bits per heavy atom. The largest absolute Gasteiger partial charge is 0.416 e. The first-order valence-corrected chi connectivity index (χ1v) is 5.20. The lowest BCUT2D eigenvalue weighted by Gasteiger charge is -2.09.